The van der Waals surface area contributed by atoms with Crippen molar-refractivity contribution >= 4 is 27.3 Å². The molecule has 0 aliphatic rings. The molecule has 0 spiro atoms. The van der Waals surface area contributed by atoms with Crippen LogP contribution in [-0.2, 0) is 15.9 Å². The summed E-state index contributed by atoms with van der Waals surface area (Å²) in [5, 5.41) is 10.4. The maximum Gasteiger partial charge on any atom is 0.161 e. The summed E-state index contributed by atoms with van der Waals surface area (Å²) < 4.78 is 11.4. The van der Waals surface area contributed by atoms with Gasteiger partial charge in [0.15, 0.2) is 6.29 Å². The quantitative estimate of drug-likeness (QED) is 0.801. The summed E-state index contributed by atoms with van der Waals surface area (Å²) in [6.45, 7) is 0. The lowest BCUT2D eigenvalue weighted by molar-refractivity contribution is -0.0999. The van der Waals surface area contributed by atoms with Crippen LogP contribution in [0.3, 0.4) is 0 Å². The molecule has 108 valence electrons. The second kappa shape index (κ2) is 7.33. The molecule has 1 unspecified atom stereocenters. The molecular formula is C15H17BrO3S. The van der Waals surface area contributed by atoms with Crippen LogP contribution < -0.4 is 0 Å². The zero-order valence-electron chi connectivity index (χ0n) is 11.4. The molecule has 20 heavy (non-hydrogen) atoms. The van der Waals surface area contributed by atoms with Gasteiger partial charge in [0.05, 0.1) is 0 Å². The normalized spacial score (nSPS) is 12.8. The molecule has 1 N–H and O–H groups in total. The van der Waals surface area contributed by atoms with Crippen LogP contribution in [0.15, 0.2) is 40.9 Å². The van der Waals surface area contributed by atoms with E-state index >= 15 is 0 Å². The first-order valence-corrected chi connectivity index (χ1v) is 7.83. The summed E-state index contributed by atoms with van der Waals surface area (Å²) in [6.07, 6.45) is -0.221. The Hall–Kier alpha value is -0.720. The summed E-state index contributed by atoms with van der Waals surface area (Å²) in [4.78, 5) is 2.01. The van der Waals surface area contributed by atoms with Gasteiger partial charge in [-0.05, 0) is 27.6 Å². The van der Waals surface area contributed by atoms with Gasteiger partial charge in [-0.25, -0.2) is 0 Å². The number of aliphatic hydroxyl groups is 1. The van der Waals surface area contributed by atoms with E-state index in [-0.39, 0.29) is 6.29 Å². The van der Waals surface area contributed by atoms with Crippen LogP contribution in [-0.4, -0.2) is 25.6 Å². The van der Waals surface area contributed by atoms with Crippen molar-refractivity contribution in [3.05, 3.63) is 56.2 Å². The summed E-state index contributed by atoms with van der Waals surface area (Å²) in [5.74, 6) is 0. The number of methoxy groups -OCH3 is 2. The van der Waals surface area contributed by atoms with Gasteiger partial charge in [-0.15, -0.1) is 11.3 Å². The van der Waals surface area contributed by atoms with Crippen LogP contribution in [0, 0.1) is 0 Å². The van der Waals surface area contributed by atoms with E-state index in [1.165, 1.54) is 0 Å². The molecule has 0 aliphatic carbocycles. The van der Waals surface area contributed by atoms with Crippen molar-refractivity contribution in [2.45, 2.75) is 18.8 Å². The molecule has 1 aromatic heterocycles. The van der Waals surface area contributed by atoms with Gasteiger partial charge < -0.3 is 14.6 Å². The van der Waals surface area contributed by atoms with Gasteiger partial charge in [0.2, 0.25) is 0 Å². The third kappa shape index (κ3) is 3.68. The molecule has 1 heterocycles. The first-order chi connectivity index (χ1) is 9.65. The van der Waals surface area contributed by atoms with Crippen molar-refractivity contribution in [1.29, 1.82) is 0 Å². The summed E-state index contributed by atoms with van der Waals surface area (Å²) >= 11 is 5.10. The van der Waals surface area contributed by atoms with Crippen molar-refractivity contribution in [1.82, 2.24) is 0 Å². The van der Waals surface area contributed by atoms with E-state index in [2.05, 4.69) is 15.9 Å². The third-order valence-corrected chi connectivity index (χ3v) is 5.22. The first-order valence-electron chi connectivity index (χ1n) is 6.22. The number of benzene rings is 1. The lowest BCUT2D eigenvalue weighted by atomic mass is 10.1. The van der Waals surface area contributed by atoms with E-state index in [9.17, 15) is 5.11 Å². The maximum atomic E-state index is 10.4. The molecule has 0 saturated heterocycles. The van der Waals surface area contributed by atoms with Crippen LogP contribution >= 0.6 is 27.3 Å². The highest BCUT2D eigenvalue weighted by Crippen LogP contribution is 2.35. The van der Waals surface area contributed by atoms with E-state index in [1.54, 1.807) is 25.6 Å². The molecule has 5 heteroatoms. The van der Waals surface area contributed by atoms with Crippen LogP contribution in [0.4, 0.5) is 0 Å². The Morgan fingerprint density at radius 2 is 1.85 bits per heavy atom. The topological polar surface area (TPSA) is 38.7 Å². The minimum Gasteiger partial charge on any atom is -0.383 e. The van der Waals surface area contributed by atoms with Crippen LogP contribution in [0.2, 0.25) is 0 Å². The Balaban J connectivity index is 2.18. The molecule has 2 rings (SSSR count). The fourth-order valence-corrected chi connectivity index (χ4v) is 3.80. The van der Waals surface area contributed by atoms with Gasteiger partial charge in [-0.3, -0.25) is 0 Å². The monoisotopic (exact) mass is 356 g/mol. The fourth-order valence-electron chi connectivity index (χ4n) is 1.91. The largest absolute Gasteiger partial charge is 0.383 e. The van der Waals surface area contributed by atoms with Crippen molar-refractivity contribution in [3.63, 3.8) is 0 Å². The molecule has 3 nitrogen and oxygen atoms in total. The highest BCUT2D eigenvalue weighted by Gasteiger charge is 2.18. The molecule has 0 amide bonds. The number of ether oxygens (including phenoxy) is 2. The standard InChI is InChI=1S/C15H17BrO3S/c1-18-14(19-2)9-12-11(16)8-13(20-12)15(17)10-6-4-3-5-7-10/h3-8,14-15,17H,9H2,1-2H3. The van der Waals surface area contributed by atoms with E-state index < -0.39 is 6.10 Å². The number of rotatable bonds is 6. The highest BCUT2D eigenvalue weighted by atomic mass is 79.9. The number of aliphatic hydroxyl groups excluding tert-OH is 1. The van der Waals surface area contributed by atoms with Crippen LogP contribution in [0.25, 0.3) is 0 Å². The number of halogens is 1. The number of hydrogen-bond donors (Lipinski definition) is 1. The van der Waals surface area contributed by atoms with Crippen molar-refractivity contribution < 1.29 is 14.6 Å². The van der Waals surface area contributed by atoms with E-state index in [0.717, 1.165) is 19.8 Å². The van der Waals surface area contributed by atoms with E-state index in [0.29, 0.717) is 6.42 Å². The summed E-state index contributed by atoms with van der Waals surface area (Å²) in [6, 6.07) is 11.6. The second-order valence-electron chi connectivity index (χ2n) is 4.34. The molecule has 2 aromatic rings. The predicted molar refractivity (Wildman–Crippen MR) is 84.0 cm³/mol. The van der Waals surface area contributed by atoms with E-state index in [1.807, 2.05) is 36.4 Å². The lowest BCUT2D eigenvalue weighted by Gasteiger charge is -2.12. The molecule has 1 aromatic carbocycles. The Labute approximate surface area is 131 Å². The molecule has 0 aliphatic heterocycles. The first kappa shape index (κ1) is 15.7. The van der Waals surface area contributed by atoms with Gasteiger partial charge in [-0.2, -0.15) is 0 Å². The van der Waals surface area contributed by atoms with E-state index in [4.69, 9.17) is 9.47 Å². The van der Waals surface area contributed by atoms with Crippen molar-refractivity contribution in [2.24, 2.45) is 0 Å². The second-order valence-corrected chi connectivity index (χ2v) is 6.36. The molecule has 0 bridgehead atoms. The Morgan fingerprint density at radius 3 is 2.45 bits per heavy atom. The average Bonchev–Trinajstić information content (AvgIpc) is 2.85. The molecule has 0 fully saturated rings. The maximum absolute atomic E-state index is 10.4. The Morgan fingerprint density at radius 1 is 1.20 bits per heavy atom. The minimum atomic E-state index is -0.602. The van der Waals surface area contributed by atoms with Gasteiger partial charge in [0.1, 0.15) is 6.10 Å². The minimum absolute atomic E-state index is 0.272. The summed E-state index contributed by atoms with van der Waals surface area (Å²) in [5.41, 5.74) is 0.892. The average molecular weight is 357 g/mol. The third-order valence-electron chi connectivity index (χ3n) is 3.04. The molecule has 0 saturated carbocycles. The smallest absolute Gasteiger partial charge is 0.161 e. The van der Waals surface area contributed by atoms with Gasteiger partial charge in [0.25, 0.3) is 0 Å². The lowest BCUT2D eigenvalue weighted by Crippen LogP contribution is -2.15. The van der Waals surface area contributed by atoms with Gasteiger partial charge >= 0.3 is 0 Å². The molecular weight excluding hydrogens is 340 g/mol. The fraction of sp³-hybridized carbons (Fsp3) is 0.333. The predicted octanol–water partition coefficient (Wildman–Crippen LogP) is 3.75. The zero-order valence-corrected chi connectivity index (χ0v) is 13.8. The number of hydrogen-bond acceptors (Lipinski definition) is 4. The Bertz CT molecular complexity index is 537. The number of thiophene rings is 1. The van der Waals surface area contributed by atoms with Gasteiger partial charge in [-0.1, -0.05) is 30.3 Å². The molecule has 0 radical (unpaired) electrons. The summed E-state index contributed by atoms with van der Waals surface area (Å²) in [7, 11) is 3.24. The molecule has 1 atom stereocenters. The SMILES string of the molecule is COC(Cc1sc(C(O)c2ccccc2)cc1Br)OC. The van der Waals surface area contributed by atoms with Crippen LogP contribution in [0.1, 0.15) is 21.4 Å². The van der Waals surface area contributed by atoms with Crippen molar-refractivity contribution in [3.8, 4) is 0 Å². The zero-order chi connectivity index (χ0) is 14.5. The Kier molecular flexibility index (Phi) is 5.74. The van der Waals surface area contributed by atoms with Crippen LogP contribution in [0.5, 0.6) is 0 Å². The van der Waals surface area contributed by atoms with Gasteiger partial charge in [0, 0.05) is 34.9 Å². The highest BCUT2D eigenvalue weighted by molar-refractivity contribution is 9.10. The van der Waals surface area contributed by atoms with Crippen molar-refractivity contribution in [2.75, 3.05) is 14.2 Å².